The number of hydrogen-bond acceptors (Lipinski definition) is 4. The number of aromatic nitrogens is 2. The van der Waals surface area contributed by atoms with Crippen molar-refractivity contribution in [1.29, 1.82) is 0 Å². The zero-order valence-electron chi connectivity index (χ0n) is 11.6. The fourth-order valence-corrected chi connectivity index (χ4v) is 2.76. The van der Waals surface area contributed by atoms with Gasteiger partial charge in [-0.2, -0.15) is 0 Å². The van der Waals surface area contributed by atoms with E-state index in [9.17, 15) is 22.4 Å². The monoisotopic (exact) mass is 312 g/mol. The molecule has 0 amide bonds. The molecule has 0 bridgehead atoms. The second kappa shape index (κ2) is 4.96. The van der Waals surface area contributed by atoms with E-state index in [4.69, 9.17) is 0 Å². The SMILES string of the molecule is Cc1c(C(=O)c2c[nH]n(C)c2=O)ccc(S(C)(=O)=O)c1F. The van der Waals surface area contributed by atoms with Gasteiger partial charge in [-0.25, -0.2) is 12.8 Å². The Bertz CT molecular complexity index is 893. The molecule has 1 aromatic heterocycles. The predicted octanol–water partition coefficient (Wildman–Crippen LogP) is 0.795. The molecular formula is C13H13FN2O4S. The van der Waals surface area contributed by atoms with Crippen LogP contribution in [0.5, 0.6) is 0 Å². The minimum absolute atomic E-state index is 0.0448. The lowest BCUT2D eigenvalue weighted by atomic mass is 10.0. The standard InChI is InChI=1S/C13H13FN2O4S/c1-7-8(4-5-10(11(7)14)21(3,19)20)12(17)9-6-15-16(2)13(9)18/h4-6,15H,1-3H3. The lowest BCUT2D eigenvalue weighted by Gasteiger charge is -2.08. The number of sulfone groups is 1. The van der Waals surface area contributed by atoms with E-state index in [1.165, 1.54) is 26.2 Å². The van der Waals surface area contributed by atoms with Crippen LogP contribution in [0.25, 0.3) is 0 Å². The van der Waals surface area contributed by atoms with Gasteiger partial charge in [-0.1, -0.05) is 0 Å². The van der Waals surface area contributed by atoms with E-state index in [2.05, 4.69) is 5.10 Å². The van der Waals surface area contributed by atoms with E-state index < -0.39 is 31.9 Å². The maximum atomic E-state index is 14.1. The first-order valence-electron chi connectivity index (χ1n) is 5.93. The quantitative estimate of drug-likeness (QED) is 0.849. The number of aromatic amines is 1. The minimum atomic E-state index is -3.73. The fourth-order valence-electron chi connectivity index (χ4n) is 1.96. The van der Waals surface area contributed by atoms with E-state index in [-0.39, 0.29) is 16.7 Å². The number of rotatable bonds is 3. The molecule has 0 radical (unpaired) electrons. The summed E-state index contributed by atoms with van der Waals surface area (Å²) in [5.74, 6) is -1.64. The summed E-state index contributed by atoms with van der Waals surface area (Å²) in [7, 11) is -2.28. The van der Waals surface area contributed by atoms with Crippen LogP contribution in [0.3, 0.4) is 0 Å². The van der Waals surface area contributed by atoms with E-state index >= 15 is 0 Å². The number of nitrogens with zero attached hydrogens (tertiary/aromatic N) is 1. The molecule has 6 nitrogen and oxygen atoms in total. The number of H-pyrrole nitrogens is 1. The Hall–Kier alpha value is -2.22. The lowest BCUT2D eigenvalue weighted by Crippen LogP contribution is -2.20. The molecule has 21 heavy (non-hydrogen) atoms. The van der Waals surface area contributed by atoms with Crippen LogP contribution in [0.15, 0.2) is 28.0 Å². The van der Waals surface area contributed by atoms with Gasteiger partial charge in [-0.15, -0.1) is 0 Å². The zero-order valence-corrected chi connectivity index (χ0v) is 12.4. The van der Waals surface area contributed by atoms with Crippen LogP contribution in [0.4, 0.5) is 4.39 Å². The van der Waals surface area contributed by atoms with Crippen molar-refractivity contribution in [3.63, 3.8) is 0 Å². The molecule has 0 aliphatic rings. The van der Waals surface area contributed by atoms with E-state index in [0.29, 0.717) is 0 Å². The third-order valence-electron chi connectivity index (χ3n) is 3.18. The van der Waals surface area contributed by atoms with Gasteiger partial charge in [-0.3, -0.25) is 14.3 Å². The molecule has 1 heterocycles. The largest absolute Gasteiger partial charge is 0.302 e. The number of halogens is 1. The Kier molecular flexibility index (Phi) is 3.58. The maximum Gasteiger partial charge on any atom is 0.277 e. The molecule has 0 fully saturated rings. The molecular weight excluding hydrogens is 299 g/mol. The highest BCUT2D eigenvalue weighted by molar-refractivity contribution is 7.90. The maximum absolute atomic E-state index is 14.1. The number of benzene rings is 1. The molecule has 0 spiro atoms. The Morgan fingerprint density at radius 1 is 1.29 bits per heavy atom. The molecule has 1 aromatic carbocycles. The first kappa shape index (κ1) is 15.2. The van der Waals surface area contributed by atoms with Crippen LogP contribution in [0.2, 0.25) is 0 Å². The van der Waals surface area contributed by atoms with Gasteiger partial charge in [0.1, 0.15) is 16.3 Å². The first-order valence-corrected chi connectivity index (χ1v) is 7.82. The van der Waals surface area contributed by atoms with Crippen molar-refractivity contribution in [3.05, 3.63) is 51.2 Å². The van der Waals surface area contributed by atoms with Crippen LogP contribution < -0.4 is 5.56 Å². The topological polar surface area (TPSA) is 89.0 Å². The van der Waals surface area contributed by atoms with E-state index in [1.807, 2.05) is 0 Å². The van der Waals surface area contributed by atoms with E-state index in [0.717, 1.165) is 17.0 Å². The number of ketones is 1. The van der Waals surface area contributed by atoms with Gasteiger partial charge in [0.05, 0.1) is 0 Å². The first-order chi connectivity index (χ1) is 9.64. The van der Waals surface area contributed by atoms with Gasteiger partial charge in [0, 0.05) is 25.1 Å². The molecule has 0 saturated heterocycles. The third kappa shape index (κ3) is 2.54. The van der Waals surface area contributed by atoms with Gasteiger partial charge in [0.2, 0.25) is 5.78 Å². The average molecular weight is 312 g/mol. The highest BCUT2D eigenvalue weighted by atomic mass is 32.2. The summed E-state index contributed by atoms with van der Waals surface area (Å²) >= 11 is 0. The van der Waals surface area contributed by atoms with Gasteiger partial charge < -0.3 is 5.10 Å². The summed E-state index contributed by atoms with van der Waals surface area (Å²) in [5, 5.41) is 2.55. The number of carbonyl (C=O) groups is 1. The van der Waals surface area contributed by atoms with Crippen LogP contribution in [0.1, 0.15) is 21.5 Å². The summed E-state index contributed by atoms with van der Waals surface area (Å²) in [6, 6.07) is 2.24. The molecule has 0 aliphatic heterocycles. The number of aryl methyl sites for hydroxylation is 1. The highest BCUT2D eigenvalue weighted by Gasteiger charge is 2.23. The van der Waals surface area contributed by atoms with Gasteiger partial charge >= 0.3 is 0 Å². The van der Waals surface area contributed by atoms with Crippen LogP contribution in [-0.2, 0) is 16.9 Å². The molecule has 8 heteroatoms. The molecule has 2 aromatic rings. The Morgan fingerprint density at radius 3 is 2.38 bits per heavy atom. The second-order valence-electron chi connectivity index (χ2n) is 4.70. The summed E-state index contributed by atoms with van der Waals surface area (Å²) in [5.41, 5.74) is -0.818. The molecule has 0 aliphatic carbocycles. The molecule has 2 rings (SSSR count). The molecule has 112 valence electrons. The Balaban J connectivity index is 2.62. The van der Waals surface area contributed by atoms with Crippen molar-refractivity contribution in [2.75, 3.05) is 6.26 Å². The molecule has 0 saturated carbocycles. The normalized spacial score (nSPS) is 11.6. The lowest BCUT2D eigenvalue weighted by molar-refractivity contribution is 0.103. The summed E-state index contributed by atoms with van der Waals surface area (Å²) < 4.78 is 38.1. The second-order valence-corrected chi connectivity index (χ2v) is 6.69. The minimum Gasteiger partial charge on any atom is -0.302 e. The Labute approximate surface area is 120 Å². The van der Waals surface area contributed by atoms with Gasteiger partial charge in [-0.05, 0) is 24.6 Å². The third-order valence-corrected chi connectivity index (χ3v) is 4.29. The van der Waals surface area contributed by atoms with Crippen molar-refractivity contribution in [2.45, 2.75) is 11.8 Å². The smallest absolute Gasteiger partial charge is 0.277 e. The van der Waals surface area contributed by atoms with Crippen LogP contribution in [0, 0.1) is 12.7 Å². The van der Waals surface area contributed by atoms with Crippen molar-refractivity contribution in [2.24, 2.45) is 7.05 Å². The van der Waals surface area contributed by atoms with Crippen molar-refractivity contribution >= 4 is 15.6 Å². The molecule has 1 N–H and O–H groups in total. The molecule has 0 unspecified atom stereocenters. The fraction of sp³-hybridized carbons (Fsp3) is 0.231. The predicted molar refractivity (Wildman–Crippen MR) is 73.7 cm³/mol. The summed E-state index contributed by atoms with van der Waals surface area (Å²) in [6.07, 6.45) is 2.11. The van der Waals surface area contributed by atoms with E-state index in [1.54, 1.807) is 0 Å². The van der Waals surface area contributed by atoms with Gasteiger partial charge in [0.15, 0.2) is 9.84 Å². The Morgan fingerprint density at radius 2 is 1.90 bits per heavy atom. The van der Waals surface area contributed by atoms with Crippen molar-refractivity contribution in [1.82, 2.24) is 9.78 Å². The van der Waals surface area contributed by atoms with Gasteiger partial charge in [0.25, 0.3) is 5.56 Å². The summed E-state index contributed by atoms with van der Waals surface area (Å²) in [4.78, 5) is 23.5. The number of carbonyl (C=O) groups excluding carboxylic acids is 1. The highest BCUT2D eigenvalue weighted by Crippen LogP contribution is 2.22. The average Bonchev–Trinajstić information content (AvgIpc) is 2.71. The number of nitrogens with one attached hydrogen (secondary N) is 1. The van der Waals surface area contributed by atoms with Crippen molar-refractivity contribution < 1.29 is 17.6 Å². The van der Waals surface area contributed by atoms with Crippen molar-refractivity contribution in [3.8, 4) is 0 Å². The zero-order chi connectivity index (χ0) is 15.9. The molecule has 0 atom stereocenters. The number of hydrogen-bond donors (Lipinski definition) is 1. The van der Waals surface area contributed by atoms with Crippen LogP contribution >= 0.6 is 0 Å². The van der Waals surface area contributed by atoms with Crippen LogP contribution in [-0.4, -0.2) is 30.2 Å². The summed E-state index contributed by atoms with van der Waals surface area (Å²) in [6.45, 7) is 1.30.